The average molecular weight is 274 g/mol. The summed E-state index contributed by atoms with van der Waals surface area (Å²) in [6.45, 7) is 2.29. The van der Waals surface area contributed by atoms with Crippen LogP contribution in [0.15, 0.2) is 12.1 Å². The Bertz CT molecular complexity index is 436. The molecule has 0 aliphatic rings. The lowest BCUT2D eigenvalue weighted by molar-refractivity contribution is -0.138. The minimum Gasteiger partial charge on any atom is -0.495 e. The first-order valence-corrected chi connectivity index (χ1v) is 5.85. The fourth-order valence-electron chi connectivity index (χ4n) is 1.51. The van der Waals surface area contributed by atoms with Crippen LogP contribution in [0.3, 0.4) is 0 Å². The zero-order chi connectivity index (χ0) is 13.7. The van der Waals surface area contributed by atoms with Gasteiger partial charge in [0, 0.05) is 12.5 Å². The van der Waals surface area contributed by atoms with Crippen molar-refractivity contribution in [2.75, 3.05) is 13.7 Å². The molecule has 0 radical (unpaired) electrons. The molecule has 1 rings (SSSR count). The van der Waals surface area contributed by atoms with Gasteiger partial charge in [0.25, 0.3) is 0 Å². The van der Waals surface area contributed by atoms with Crippen molar-refractivity contribution in [2.45, 2.75) is 19.4 Å². The average Bonchev–Trinajstić information content (AvgIpc) is 2.32. The molecule has 5 nitrogen and oxygen atoms in total. The third-order valence-corrected chi connectivity index (χ3v) is 2.69. The molecule has 0 saturated heterocycles. The standard InChI is InChI=1S/C12H16ClNO4/c1-3-18-10-6-11(17-2)8(13)4-7(10)5-9(14)12(15)16/h4,6,9H,3,5,14H2,1-2H3,(H,15,16). The lowest BCUT2D eigenvalue weighted by atomic mass is 10.1. The van der Waals surface area contributed by atoms with Gasteiger partial charge in [0.05, 0.1) is 18.7 Å². The van der Waals surface area contributed by atoms with Crippen molar-refractivity contribution in [1.82, 2.24) is 0 Å². The van der Waals surface area contributed by atoms with Crippen LogP contribution in [0.5, 0.6) is 11.5 Å². The molecule has 18 heavy (non-hydrogen) atoms. The van der Waals surface area contributed by atoms with Crippen LogP contribution in [0.4, 0.5) is 0 Å². The van der Waals surface area contributed by atoms with Crippen molar-refractivity contribution in [3.8, 4) is 11.5 Å². The van der Waals surface area contributed by atoms with Crippen LogP contribution < -0.4 is 15.2 Å². The molecule has 0 saturated carbocycles. The Morgan fingerprint density at radius 1 is 1.50 bits per heavy atom. The van der Waals surface area contributed by atoms with E-state index in [-0.39, 0.29) is 6.42 Å². The Labute approximate surface area is 110 Å². The van der Waals surface area contributed by atoms with E-state index < -0.39 is 12.0 Å². The molecule has 1 atom stereocenters. The second-order valence-electron chi connectivity index (χ2n) is 3.68. The number of aliphatic carboxylic acids is 1. The highest BCUT2D eigenvalue weighted by Crippen LogP contribution is 2.33. The molecule has 0 aliphatic heterocycles. The number of ether oxygens (including phenoxy) is 2. The molecule has 6 heteroatoms. The van der Waals surface area contributed by atoms with Gasteiger partial charge in [-0.05, 0) is 18.6 Å². The number of carbonyl (C=O) groups is 1. The zero-order valence-electron chi connectivity index (χ0n) is 10.3. The van der Waals surface area contributed by atoms with E-state index in [9.17, 15) is 4.79 Å². The van der Waals surface area contributed by atoms with Crippen LogP contribution in [-0.4, -0.2) is 30.8 Å². The lowest BCUT2D eigenvalue weighted by Gasteiger charge is -2.14. The molecule has 3 N–H and O–H groups in total. The van der Waals surface area contributed by atoms with Crippen LogP contribution in [0.1, 0.15) is 12.5 Å². The number of halogens is 1. The molecular weight excluding hydrogens is 258 g/mol. The molecule has 100 valence electrons. The number of nitrogens with two attached hydrogens (primary N) is 1. The maximum atomic E-state index is 10.8. The number of methoxy groups -OCH3 is 1. The van der Waals surface area contributed by atoms with Gasteiger partial charge in [0.2, 0.25) is 0 Å². The fraction of sp³-hybridized carbons (Fsp3) is 0.417. The predicted molar refractivity (Wildman–Crippen MR) is 68.5 cm³/mol. The summed E-state index contributed by atoms with van der Waals surface area (Å²) < 4.78 is 10.5. The minimum atomic E-state index is -1.07. The van der Waals surface area contributed by atoms with Crippen LogP contribution >= 0.6 is 11.6 Å². The van der Waals surface area contributed by atoms with Gasteiger partial charge in [-0.15, -0.1) is 0 Å². The molecule has 1 aromatic carbocycles. The summed E-state index contributed by atoms with van der Waals surface area (Å²) in [4.78, 5) is 10.8. The van der Waals surface area contributed by atoms with Gasteiger partial charge in [-0.25, -0.2) is 0 Å². The Balaban J connectivity index is 3.08. The minimum absolute atomic E-state index is 0.147. The lowest BCUT2D eigenvalue weighted by Crippen LogP contribution is -2.32. The summed E-state index contributed by atoms with van der Waals surface area (Å²) >= 11 is 6.00. The first-order valence-electron chi connectivity index (χ1n) is 5.47. The van der Waals surface area contributed by atoms with E-state index in [2.05, 4.69) is 0 Å². The van der Waals surface area contributed by atoms with E-state index >= 15 is 0 Å². The predicted octanol–water partition coefficient (Wildman–Crippen LogP) is 1.70. The molecule has 0 aliphatic carbocycles. The molecule has 0 heterocycles. The van der Waals surface area contributed by atoms with Gasteiger partial charge in [0.15, 0.2) is 0 Å². The number of carboxylic acid groups (broad SMARTS) is 1. The number of rotatable bonds is 6. The van der Waals surface area contributed by atoms with E-state index in [0.29, 0.717) is 28.7 Å². The number of carboxylic acids is 1. The van der Waals surface area contributed by atoms with Crippen LogP contribution in [0, 0.1) is 0 Å². The summed E-state index contributed by atoms with van der Waals surface area (Å²) in [5, 5.41) is 9.21. The third-order valence-electron chi connectivity index (χ3n) is 2.39. The molecule has 0 spiro atoms. The second-order valence-corrected chi connectivity index (χ2v) is 4.08. The Morgan fingerprint density at radius 2 is 2.17 bits per heavy atom. The molecule has 0 amide bonds. The van der Waals surface area contributed by atoms with Gasteiger partial charge in [-0.2, -0.15) is 0 Å². The van der Waals surface area contributed by atoms with Gasteiger partial charge in [0.1, 0.15) is 17.5 Å². The largest absolute Gasteiger partial charge is 0.495 e. The van der Waals surface area contributed by atoms with Crippen molar-refractivity contribution < 1.29 is 19.4 Å². The van der Waals surface area contributed by atoms with Gasteiger partial charge in [-0.3, -0.25) is 4.79 Å². The van der Waals surface area contributed by atoms with E-state index in [4.69, 9.17) is 31.9 Å². The summed E-state index contributed by atoms with van der Waals surface area (Å²) in [5.41, 5.74) is 6.16. The molecule has 0 bridgehead atoms. The summed E-state index contributed by atoms with van der Waals surface area (Å²) in [6.07, 6.45) is 0.147. The molecule has 0 fully saturated rings. The monoisotopic (exact) mass is 273 g/mol. The first-order chi connectivity index (χ1) is 8.49. The number of benzene rings is 1. The molecule has 1 aromatic rings. The van der Waals surface area contributed by atoms with Gasteiger partial charge in [-0.1, -0.05) is 11.6 Å². The summed E-state index contributed by atoms with van der Waals surface area (Å²) in [6, 6.07) is 2.26. The van der Waals surface area contributed by atoms with Gasteiger partial charge >= 0.3 is 5.97 Å². The summed E-state index contributed by atoms with van der Waals surface area (Å²) in [5.74, 6) is -0.0485. The normalized spacial score (nSPS) is 12.0. The Kier molecular flexibility index (Phi) is 5.25. The van der Waals surface area contributed by atoms with Crippen molar-refractivity contribution >= 4 is 17.6 Å². The Morgan fingerprint density at radius 3 is 2.67 bits per heavy atom. The van der Waals surface area contributed by atoms with E-state index in [1.807, 2.05) is 6.92 Å². The highest BCUT2D eigenvalue weighted by molar-refractivity contribution is 6.32. The van der Waals surface area contributed by atoms with E-state index in [1.54, 1.807) is 12.1 Å². The highest BCUT2D eigenvalue weighted by atomic mass is 35.5. The fourth-order valence-corrected chi connectivity index (χ4v) is 1.77. The van der Waals surface area contributed by atoms with Crippen molar-refractivity contribution in [1.29, 1.82) is 0 Å². The van der Waals surface area contributed by atoms with E-state index in [1.165, 1.54) is 7.11 Å². The SMILES string of the molecule is CCOc1cc(OC)c(Cl)cc1CC(N)C(=O)O. The van der Waals surface area contributed by atoms with Crippen molar-refractivity contribution in [3.05, 3.63) is 22.7 Å². The maximum absolute atomic E-state index is 10.8. The maximum Gasteiger partial charge on any atom is 0.320 e. The second kappa shape index (κ2) is 6.47. The van der Waals surface area contributed by atoms with Crippen molar-refractivity contribution in [2.24, 2.45) is 5.73 Å². The number of hydrogen-bond donors (Lipinski definition) is 2. The van der Waals surface area contributed by atoms with Crippen LogP contribution in [0.25, 0.3) is 0 Å². The highest BCUT2D eigenvalue weighted by Gasteiger charge is 2.17. The number of hydrogen-bond acceptors (Lipinski definition) is 4. The summed E-state index contributed by atoms with van der Waals surface area (Å²) in [7, 11) is 1.50. The topological polar surface area (TPSA) is 81.8 Å². The smallest absolute Gasteiger partial charge is 0.320 e. The van der Waals surface area contributed by atoms with E-state index in [0.717, 1.165) is 0 Å². The third kappa shape index (κ3) is 3.51. The first kappa shape index (κ1) is 14.6. The van der Waals surface area contributed by atoms with Crippen LogP contribution in [-0.2, 0) is 11.2 Å². The van der Waals surface area contributed by atoms with Crippen molar-refractivity contribution in [3.63, 3.8) is 0 Å². The quantitative estimate of drug-likeness (QED) is 0.824. The molecule has 0 aromatic heterocycles. The molecular formula is C12H16ClNO4. The van der Waals surface area contributed by atoms with Crippen LogP contribution in [0.2, 0.25) is 5.02 Å². The molecule has 1 unspecified atom stereocenters. The van der Waals surface area contributed by atoms with Gasteiger partial charge < -0.3 is 20.3 Å². The zero-order valence-corrected chi connectivity index (χ0v) is 11.0. The Hall–Kier alpha value is -1.46.